The number of hydrogen-bond acceptors (Lipinski definition) is 3. The van der Waals surface area contributed by atoms with Gasteiger partial charge < -0.3 is 10.0 Å². The molecule has 0 bridgehead atoms. The number of hydrogen-bond donors (Lipinski definition) is 0. The van der Waals surface area contributed by atoms with Crippen LogP contribution in [0, 0.1) is 5.21 Å². The van der Waals surface area contributed by atoms with E-state index in [9.17, 15) is 5.21 Å². The van der Waals surface area contributed by atoms with Gasteiger partial charge in [-0.3, -0.25) is 0 Å². The van der Waals surface area contributed by atoms with E-state index in [1.807, 2.05) is 24.3 Å². The summed E-state index contributed by atoms with van der Waals surface area (Å²) in [6, 6.07) is 7.53. The average molecular weight is 257 g/mol. The fourth-order valence-electron chi connectivity index (χ4n) is 0.831. The molecule has 0 saturated heterocycles. The summed E-state index contributed by atoms with van der Waals surface area (Å²) in [6.45, 7) is 0. The Kier molecular flexibility index (Phi) is 4.12. The SMILES string of the molecule is CO/N=[N+]([O-])/C=C/c1ccc(Br)cc1. The van der Waals surface area contributed by atoms with Crippen molar-refractivity contribution in [3.63, 3.8) is 0 Å². The van der Waals surface area contributed by atoms with Gasteiger partial charge in [-0.25, -0.2) is 0 Å². The quantitative estimate of drug-likeness (QED) is 0.474. The standard InChI is InChI=1S/C9H9BrN2O2/c1-14-11-12(13)7-6-8-2-4-9(10)5-3-8/h2-7H,1H3/b7-6+,12-11-. The minimum atomic E-state index is 0.349. The van der Waals surface area contributed by atoms with E-state index in [1.165, 1.54) is 13.3 Å². The molecule has 0 heterocycles. The van der Waals surface area contributed by atoms with Gasteiger partial charge in [0.1, 0.15) is 7.11 Å². The molecule has 5 heteroatoms. The minimum Gasteiger partial charge on any atom is -0.592 e. The predicted molar refractivity (Wildman–Crippen MR) is 56.2 cm³/mol. The molecule has 0 radical (unpaired) electrons. The van der Waals surface area contributed by atoms with Crippen molar-refractivity contribution >= 4 is 22.0 Å². The molecule has 74 valence electrons. The number of benzene rings is 1. The van der Waals surface area contributed by atoms with Gasteiger partial charge >= 0.3 is 0 Å². The van der Waals surface area contributed by atoms with Crippen LogP contribution < -0.4 is 0 Å². The van der Waals surface area contributed by atoms with Gasteiger partial charge in [0, 0.05) is 10.5 Å². The van der Waals surface area contributed by atoms with Crippen LogP contribution >= 0.6 is 15.9 Å². The zero-order valence-corrected chi connectivity index (χ0v) is 9.14. The maximum Gasteiger partial charge on any atom is 0.213 e. The lowest BCUT2D eigenvalue weighted by molar-refractivity contribution is -0.490. The molecule has 0 fully saturated rings. The van der Waals surface area contributed by atoms with Crippen molar-refractivity contribution in [3.8, 4) is 0 Å². The van der Waals surface area contributed by atoms with Crippen LogP contribution in [0.5, 0.6) is 0 Å². The third-order valence-corrected chi connectivity index (χ3v) is 1.96. The Morgan fingerprint density at radius 1 is 1.43 bits per heavy atom. The van der Waals surface area contributed by atoms with Gasteiger partial charge in [0.2, 0.25) is 11.5 Å². The topological polar surface area (TPSA) is 47.7 Å². The minimum absolute atomic E-state index is 0.349. The summed E-state index contributed by atoms with van der Waals surface area (Å²) in [5.41, 5.74) is 0.917. The van der Waals surface area contributed by atoms with E-state index in [2.05, 4.69) is 26.0 Å². The van der Waals surface area contributed by atoms with Crippen molar-refractivity contribution in [2.75, 3.05) is 7.11 Å². The largest absolute Gasteiger partial charge is 0.592 e. The Hall–Kier alpha value is -1.36. The van der Waals surface area contributed by atoms with Crippen LogP contribution in [-0.2, 0) is 4.84 Å². The first kappa shape index (κ1) is 10.7. The molecule has 0 N–H and O–H groups in total. The van der Waals surface area contributed by atoms with E-state index in [4.69, 9.17) is 0 Å². The van der Waals surface area contributed by atoms with Crippen molar-refractivity contribution in [2.45, 2.75) is 0 Å². The molecule has 0 aliphatic heterocycles. The van der Waals surface area contributed by atoms with E-state index in [-0.39, 0.29) is 0 Å². The van der Waals surface area contributed by atoms with Crippen LogP contribution in [-0.4, -0.2) is 12.0 Å². The molecule has 0 aliphatic carbocycles. The highest BCUT2D eigenvalue weighted by atomic mass is 79.9. The molecule has 4 nitrogen and oxygen atoms in total. The third kappa shape index (κ3) is 3.57. The average Bonchev–Trinajstić information content (AvgIpc) is 2.17. The molecule has 0 aromatic heterocycles. The molecule has 0 saturated carbocycles. The number of hydroxylamine groups is 1. The molecule has 1 rings (SSSR count). The van der Waals surface area contributed by atoms with E-state index in [0.29, 0.717) is 4.86 Å². The van der Waals surface area contributed by atoms with Crippen molar-refractivity contribution in [2.24, 2.45) is 5.28 Å². The van der Waals surface area contributed by atoms with Crippen LogP contribution in [0.1, 0.15) is 5.56 Å². The second-order valence-electron chi connectivity index (χ2n) is 2.43. The highest BCUT2D eigenvalue weighted by Crippen LogP contribution is 2.11. The molecule has 0 atom stereocenters. The van der Waals surface area contributed by atoms with Gasteiger partial charge in [0.25, 0.3) is 0 Å². The van der Waals surface area contributed by atoms with Crippen LogP contribution in [0.15, 0.2) is 40.2 Å². The van der Waals surface area contributed by atoms with Gasteiger partial charge in [-0.2, -0.15) is 0 Å². The summed E-state index contributed by atoms with van der Waals surface area (Å²) in [6.07, 6.45) is 2.91. The molecular weight excluding hydrogens is 248 g/mol. The van der Waals surface area contributed by atoms with Gasteiger partial charge in [0.15, 0.2) is 0 Å². The Bertz CT molecular complexity index is 346. The first-order valence-electron chi connectivity index (χ1n) is 3.86. The van der Waals surface area contributed by atoms with Crippen LogP contribution in [0.3, 0.4) is 0 Å². The summed E-state index contributed by atoms with van der Waals surface area (Å²) in [4.78, 5) is 4.64. The van der Waals surface area contributed by atoms with Crippen LogP contribution in [0.25, 0.3) is 6.08 Å². The first-order chi connectivity index (χ1) is 6.72. The van der Waals surface area contributed by atoms with Gasteiger partial charge in [-0.1, -0.05) is 28.1 Å². The van der Waals surface area contributed by atoms with E-state index >= 15 is 0 Å². The number of rotatable bonds is 3. The molecule has 0 unspecified atom stereocenters. The lowest BCUT2D eigenvalue weighted by Gasteiger charge is -1.93. The molecular formula is C9H9BrN2O2. The third-order valence-electron chi connectivity index (χ3n) is 1.43. The first-order valence-corrected chi connectivity index (χ1v) is 4.66. The lowest BCUT2D eigenvalue weighted by Crippen LogP contribution is -1.88. The Balaban J connectivity index is 2.69. The van der Waals surface area contributed by atoms with Crippen molar-refractivity contribution < 1.29 is 9.70 Å². The fraction of sp³-hybridized carbons (Fsp3) is 0.111. The summed E-state index contributed by atoms with van der Waals surface area (Å²) in [7, 11) is 1.32. The Morgan fingerprint density at radius 3 is 2.64 bits per heavy atom. The van der Waals surface area contributed by atoms with Crippen molar-refractivity contribution in [1.82, 2.24) is 0 Å². The monoisotopic (exact) mass is 256 g/mol. The lowest BCUT2D eigenvalue weighted by atomic mass is 10.2. The zero-order chi connectivity index (χ0) is 10.4. The van der Waals surface area contributed by atoms with Gasteiger partial charge in [-0.05, 0) is 22.6 Å². The second-order valence-corrected chi connectivity index (χ2v) is 3.35. The molecule has 1 aromatic carbocycles. The summed E-state index contributed by atoms with van der Waals surface area (Å²) < 4.78 is 0.996. The predicted octanol–water partition coefficient (Wildman–Crippen LogP) is 2.94. The van der Waals surface area contributed by atoms with E-state index in [1.54, 1.807) is 6.08 Å². The molecule has 14 heavy (non-hydrogen) atoms. The fourth-order valence-corrected chi connectivity index (χ4v) is 1.10. The zero-order valence-electron chi connectivity index (χ0n) is 7.55. The normalized spacial score (nSPS) is 12.0. The van der Waals surface area contributed by atoms with Crippen LogP contribution in [0.4, 0.5) is 0 Å². The second kappa shape index (κ2) is 5.39. The molecule has 0 aliphatic rings. The summed E-state index contributed by atoms with van der Waals surface area (Å²) in [5, 5.41) is 14.0. The van der Waals surface area contributed by atoms with Crippen molar-refractivity contribution in [3.05, 3.63) is 45.7 Å². The highest BCUT2D eigenvalue weighted by molar-refractivity contribution is 9.10. The summed E-state index contributed by atoms with van der Waals surface area (Å²) in [5.74, 6) is 0. The van der Waals surface area contributed by atoms with Crippen molar-refractivity contribution in [1.29, 1.82) is 0 Å². The Morgan fingerprint density at radius 2 is 2.07 bits per heavy atom. The van der Waals surface area contributed by atoms with Gasteiger partial charge in [-0.15, -0.1) is 0 Å². The number of halogens is 1. The Labute approximate surface area is 90.2 Å². The maximum atomic E-state index is 10.8. The summed E-state index contributed by atoms with van der Waals surface area (Å²) >= 11 is 3.32. The maximum absolute atomic E-state index is 10.8. The molecule has 1 aromatic rings. The smallest absolute Gasteiger partial charge is 0.213 e. The highest BCUT2D eigenvalue weighted by Gasteiger charge is 1.90. The van der Waals surface area contributed by atoms with E-state index in [0.717, 1.165) is 10.0 Å². The van der Waals surface area contributed by atoms with Crippen LogP contribution in [0.2, 0.25) is 0 Å². The molecule has 0 spiro atoms. The van der Waals surface area contributed by atoms with Gasteiger partial charge in [0.05, 0.1) is 0 Å². The molecule has 0 amide bonds. The number of nitrogens with zero attached hydrogens (tertiary/aromatic N) is 2. The van der Waals surface area contributed by atoms with E-state index < -0.39 is 0 Å².